The molecule has 0 bridgehead atoms. The quantitative estimate of drug-likeness (QED) is 0.871. The van der Waals surface area contributed by atoms with E-state index in [2.05, 4.69) is 12.1 Å². The zero-order valence-corrected chi connectivity index (χ0v) is 13.1. The summed E-state index contributed by atoms with van der Waals surface area (Å²) in [7, 11) is 0. The molecular formula is C17H17Cl2NO. The Bertz CT molecular complexity index is 657. The molecule has 1 aliphatic rings. The Kier molecular flexibility index (Phi) is 4.39. The molecular weight excluding hydrogens is 305 g/mol. The molecule has 0 saturated heterocycles. The molecule has 0 aromatic heterocycles. The van der Waals surface area contributed by atoms with E-state index in [4.69, 9.17) is 33.7 Å². The summed E-state index contributed by atoms with van der Waals surface area (Å²) in [5, 5.41) is 1.11. The molecule has 1 aliphatic carbocycles. The minimum absolute atomic E-state index is 0.165. The second-order valence-corrected chi connectivity index (χ2v) is 6.21. The Labute approximate surface area is 134 Å². The van der Waals surface area contributed by atoms with Crippen molar-refractivity contribution >= 4 is 23.2 Å². The average Bonchev–Trinajstić information content (AvgIpc) is 2.49. The Balaban J connectivity index is 1.72. The van der Waals surface area contributed by atoms with Crippen LogP contribution in [0.25, 0.3) is 0 Å². The molecule has 0 radical (unpaired) electrons. The van der Waals surface area contributed by atoms with Crippen molar-refractivity contribution < 1.29 is 4.74 Å². The second-order valence-electron chi connectivity index (χ2n) is 5.40. The molecule has 0 fully saturated rings. The molecule has 1 atom stereocenters. The lowest BCUT2D eigenvalue weighted by atomic mass is 9.88. The molecule has 1 unspecified atom stereocenters. The fourth-order valence-corrected chi connectivity index (χ4v) is 3.03. The van der Waals surface area contributed by atoms with Crippen LogP contribution in [-0.2, 0) is 13.0 Å². The topological polar surface area (TPSA) is 35.2 Å². The van der Waals surface area contributed by atoms with Crippen LogP contribution in [0.4, 0.5) is 0 Å². The fraction of sp³-hybridized carbons (Fsp3) is 0.294. The minimum atomic E-state index is 0.165. The van der Waals surface area contributed by atoms with Crippen molar-refractivity contribution in [2.24, 2.45) is 5.73 Å². The molecule has 4 heteroatoms. The van der Waals surface area contributed by atoms with Crippen molar-refractivity contribution in [2.45, 2.75) is 31.9 Å². The molecule has 2 N–H and O–H groups in total. The summed E-state index contributed by atoms with van der Waals surface area (Å²) in [6, 6.07) is 11.9. The molecule has 0 saturated carbocycles. The number of rotatable bonds is 3. The Hall–Kier alpha value is -1.22. The summed E-state index contributed by atoms with van der Waals surface area (Å²) in [5.74, 6) is 0.869. The molecule has 0 amide bonds. The van der Waals surface area contributed by atoms with E-state index < -0.39 is 0 Å². The van der Waals surface area contributed by atoms with Gasteiger partial charge in [0.25, 0.3) is 0 Å². The van der Waals surface area contributed by atoms with Crippen molar-refractivity contribution in [3.8, 4) is 5.75 Å². The third-order valence-electron chi connectivity index (χ3n) is 3.86. The van der Waals surface area contributed by atoms with Gasteiger partial charge in [0.2, 0.25) is 0 Å². The number of fused-ring (bicyclic) bond motifs is 1. The first kappa shape index (κ1) is 14.7. The summed E-state index contributed by atoms with van der Waals surface area (Å²) < 4.78 is 5.85. The van der Waals surface area contributed by atoms with Gasteiger partial charge in [0.1, 0.15) is 12.4 Å². The Morgan fingerprint density at radius 2 is 1.95 bits per heavy atom. The highest BCUT2D eigenvalue weighted by molar-refractivity contribution is 6.42. The number of benzene rings is 2. The van der Waals surface area contributed by atoms with E-state index in [0.29, 0.717) is 16.7 Å². The maximum atomic E-state index is 6.12. The van der Waals surface area contributed by atoms with Crippen LogP contribution in [0.5, 0.6) is 5.75 Å². The first-order valence-electron chi connectivity index (χ1n) is 7.08. The average molecular weight is 322 g/mol. The first-order chi connectivity index (χ1) is 10.1. The predicted molar refractivity (Wildman–Crippen MR) is 87.1 cm³/mol. The van der Waals surface area contributed by atoms with Crippen LogP contribution < -0.4 is 10.5 Å². The zero-order chi connectivity index (χ0) is 14.8. The van der Waals surface area contributed by atoms with Crippen molar-refractivity contribution in [3.63, 3.8) is 0 Å². The van der Waals surface area contributed by atoms with Crippen molar-refractivity contribution in [3.05, 3.63) is 63.1 Å². The summed E-state index contributed by atoms with van der Waals surface area (Å²) in [6.07, 6.45) is 3.29. The van der Waals surface area contributed by atoms with Crippen LogP contribution in [0.3, 0.4) is 0 Å². The zero-order valence-electron chi connectivity index (χ0n) is 11.6. The molecule has 2 nitrogen and oxygen atoms in total. The number of hydrogen-bond donors (Lipinski definition) is 1. The summed E-state index contributed by atoms with van der Waals surface area (Å²) in [5.41, 5.74) is 9.68. The SMILES string of the molecule is NC1CCCc2cc(OCc3ccc(Cl)c(Cl)c3)ccc21. The highest BCUT2D eigenvalue weighted by atomic mass is 35.5. The van der Waals surface area contributed by atoms with E-state index >= 15 is 0 Å². The van der Waals surface area contributed by atoms with Gasteiger partial charge >= 0.3 is 0 Å². The van der Waals surface area contributed by atoms with E-state index in [-0.39, 0.29) is 6.04 Å². The number of hydrogen-bond acceptors (Lipinski definition) is 2. The summed E-state index contributed by atoms with van der Waals surface area (Å²) >= 11 is 11.9. The van der Waals surface area contributed by atoms with Gasteiger partial charge in [0.05, 0.1) is 10.0 Å². The van der Waals surface area contributed by atoms with Crippen LogP contribution in [0, 0.1) is 0 Å². The van der Waals surface area contributed by atoms with Crippen LogP contribution in [-0.4, -0.2) is 0 Å². The van der Waals surface area contributed by atoms with Gasteiger partial charge < -0.3 is 10.5 Å². The van der Waals surface area contributed by atoms with Gasteiger partial charge in [-0.2, -0.15) is 0 Å². The van der Waals surface area contributed by atoms with Crippen LogP contribution >= 0.6 is 23.2 Å². The highest BCUT2D eigenvalue weighted by Crippen LogP contribution is 2.31. The third-order valence-corrected chi connectivity index (χ3v) is 4.60. The Morgan fingerprint density at radius 3 is 2.76 bits per heavy atom. The summed E-state index contributed by atoms with van der Waals surface area (Å²) in [6.45, 7) is 0.474. The maximum Gasteiger partial charge on any atom is 0.120 e. The van der Waals surface area contributed by atoms with Crippen molar-refractivity contribution in [1.29, 1.82) is 0 Å². The number of aryl methyl sites for hydroxylation is 1. The van der Waals surface area contributed by atoms with Crippen molar-refractivity contribution in [2.75, 3.05) is 0 Å². The van der Waals surface area contributed by atoms with E-state index in [1.165, 1.54) is 11.1 Å². The fourth-order valence-electron chi connectivity index (χ4n) is 2.71. The lowest BCUT2D eigenvalue weighted by Crippen LogP contribution is -2.17. The molecule has 21 heavy (non-hydrogen) atoms. The van der Waals surface area contributed by atoms with Gasteiger partial charge in [-0.1, -0.05) is 35.3 Å². The lowest BCUT2D eigenvalue weighted by molar-refractivity contribution is 0.305. The molecule has 2 aromatic rings. The monoisotopic (exact) mass is 321 g/mol. The maximum absolute atomic E-state index is 6.12. The lowest BCUT2D eigenvalue weighted by Gasteiger charge is -2.22. The molecule has 0 aliphatic heterocycles. The van der Waals surface area contributed by atoms with Gasteiger partial charge in [0.15, 0.2) is 0 Å². The van der Waals surface area contributed by atoms with Gasteiger partial charge in [0, 0.05) is 6.04 Å². The molecule has 2 aromatic carbocycles. The number of ether oxygens (including phenoxy) is 1. The summed E-state index contributed by atoms with van der Waals surface area (Å²) in [4.78, 5) is 0. The minimum Gasteiger partial charge on any atom is -0.489 e. The largest absolute Gasteiger partial charge is 0.489 e. The second kappa shape index (κ2) is 6.27. The first-order valence-corrected chi connectivity index (χ1v) is 7.84. The van der Waals surface area contributed by atoms with Gasteiger partial charge in [-0.25, -0.2) is 0 Å². The normalized spacial score (nSPS) is 17.4. The van der Waals surface area contributed by atoms with Crippen LogP contribution in [0.1, 0.15) is 35.6 Å². The molecule has 0 spiro atoms. The highest BCUT2D eigenvalue weighted by Gasteiger charge is 2.17. The van der Waals surface area contributed by atoms with E-state index in [1.807, 2.05) is 18.2 Å². The van der Waals surface area contributed by atoms with Crippen LogP contribution in [0.15, 0.2) is 36.4 Å². The van der Waals surface area contributed by atoms with E-state index in [9.17, 15) is 0 Å². The predicted octanol–water partition coefficient (Wildman–Crippen LogP) is 4.91. The number of nitrogens with two attached hydrogens (primary N) is 1. The van der Waals surface area contributed by atoms with Gasteiger partial charge in [-0.15, -0.1) is 0 Å². The third kappa shape index (κ3) is 3.34. The standard InChI is InChI=1S/C17H17Cl2NO/c18-15-7-4-11(8-16(15)19)10-21-13-5-6-14-12(9-13)2-1-3-17(14)20/h4-9,17H,1-3,10,20H2. The van der Waals surface area contributed by atoms with Gasteiger partial charge in [-0.3, -0.25) is 0 Å². The molecule has 0 heterocycles. The van der Waals surface area contributed by atoms with Gasteiger partial charge in [-0.05, 0) is 60.2 Å². The Morgan fingerprint density at radius 1 is 1.10 bits per heavy atom. The van der Waals surface area contributed by atoms with E-state index in [1.54, 1.807) is 6.07 Å². The smallest absolute Gasteiger partial charge is 0.120 e. The van der Waals surface area contributed by atoms with Crippen LogP contribution in [0.2, 0.25) is 10.0 Å². The number of halogens is 2. The van der Waals surface area contributed by atoms with E-state index in [0.717, 1.165) is 30.6 Å². The molecule has 110 valence electrons. The molecule has 3 rings (SSSR count). The van der Waals surface area contributed by atoms with Crippen molar-refractivity contribution in [1.82, 2.24) is 0 Å².